The molecule has 18 heavy (non-hydrogen) atoms. The van der Waals surface area contributed by atoms with Crippen molar-refractivity contribution in [2.24, 2.45) is 11.1 Å². The summed E-state index contributed by atoms with van der Waals surface area (Å²) in [6.07, 6.45) is 0.0735. The molecule has 0 aromatic rings. The van der Waals surface area contributed by atoms with Gasteiger partial charge in [-0.3, -0.25) is 4.79 Å². The highest BCUT2D eigenvalue weighted by molar-refractivity contribution is 5.83. The Kier molecular flexibility index (Phi) is 4.75. The van der Waals surface area contributed by atoms with Gasteiger partial charge in [-0.05, 0) is 34.7 Å². The Balaban J connectivity index is 2.46. The minimum Gasteiger partial charge on any atom is -0.374 e. The lowest BCUT2D eigenvalue weighted by molar-refractivity contribution is -0.133. The fourth-order valence-corrected chi connectivity index (χ4v) is 1.71. The second kappa shape index (κ2) is 5.55. The van der Waals surface area contributed by atoms with Crippen LogP contribution in [-0.2, 0) is 9.53 Å². The summed E-state index contributed by atoms with van der Waals surface area (Å²) in [7, 11) is 2.06. The van der Waals surface area contributed by atoms with Gasteiger partial charge in [-0.15, -0.1) is 0 Å². The van der Waals surface area contributed by atoms with Crippen LogP contribution in [0, 0.1) is 5.41 Å². The summed E-state index contributed by atoms with van der Waals surface area (Å²) in [6, 6.07) is 0. The molecule has 0 aromatic heterocycles. The van der Waals surface area contributed by atoms with Gasteiger partial charge in [0.1, 0.15) is 0 Å². The number of nitrogens with two attached hydrogens (primary N) is 1. The van der Waals surface area contributed by atoms with Crippen LogP contribution in [0.2, 0.25) is 0 Å². The normalized spacial score (nSPS) is 22.9. The first-order valence-corrected chi connectivity index (χ1v) is 6.52. The van der Waals surface area contributed by atoms with Crippen LogP contribution in [-0.4, -0.2) is 55.7 Å². The zero-order chi connectivity index (χ0) is 14.0. The lowest BCUT2D eigenvalue weighted by Crippen LogP contribution is -2.57. The monoisotopic (exact) mass is 257 g/mol. The highest BCUT2D eigenvalue weighted by Gasteiger charge is 2.40. The molecule has 1 fully saturated rings. The fraction of sp³-hybridized carbons (Fsp3) is 0.923. The van der Waals surface area contributed by atoms with E-state index in [4.69, 9.17) is 10.5 Å². The first kappa shape index (κ1) is 15.4. The highest BCUT2D eigenvalue weighted by atomic mass is 16.5. The Labute approximate surface area is 110 Å². The second-order valence-corrected chi connectivity index (χ2v) is 6.31. The van der Waals surface area contributed by atoms with Crippen molar-refractivity contribution in [1.82, 2.24) is 10.2 Å². The van der Waals surface area contributed by atoms with Gasteiger partial charge in [0, 0.05) is 25.2 Å². The Bertz CT molecular complexity index is 297. The fourth-order valence-electron chi connectivity index (χ4n) is 1.71. The summed E-state index contributed by atoms with van der Waals surface area (Å²) in [5.41, 5.74) is 4.89. The maximum Gasteiger partial charge on any atom is 0.227 e. The number of hydrogen-bond donors (Lipinski definition) is 2. The van der Waals surface area contributed by atoms with Crippen LogP contribution in [0.3, 0.4) is 0 Å². The first-order valence-electron chi connectivity index (χ1n) is 6.52. The average Bonchev–Trinajstić information content (AvgIpc) is 2.24. The molecule has 1 rings (SSSR count). The number of nitrogens with zero attached hydrogens (tertiary/aromatic N) is 1. The standard InChI is InChI=1S/C13H27N3O2/c1-12(2,13(3,4)14)11(17)15-8-10-9-16(5)6-7-18-10/h10H,6-9,14H2,1-5H3,(H,15,17). The van der Waals surface area contributed by atoms with Crippen LogP contribution in [0.4, 0.5) is 0 Å². The van der Waals surface area contributed by atoms with Crippen molar-refractivity contribution < 1.29 is 9.53 Å². The van der Waals surface area contributed by atoms with Crippen molar-refractivity contribution >= 4 is 5.91 Å². The lowest BCUT2D eigenvalue weighted by Gasteiger charge is -2.37. The number of nitrogens with one attached hydrogen (secondary N) is 1. The molecular weight excluding hydrogens is 230 g/mol. The minimum atomic E-state index is -0.604. The smallest absolute Gasteiger partial charge is 0.227 e. The summed E-state index contributed by atoms with van der Waals surface area (Å²) >= 11 is 0. The molecule has 0 bridgehead atoms. The van der Waals surface area contributed by atoms with E-state index in [9.17, 15) is 4.79 Å². The van der Waals surface area contributed by atoms with Gasteiger partial charge in [-0.1, -0.05) is 0 Å². The third-order valence-electron chi connectivity index (χ3n) is 4.01. The SMILES string of the molecule is CN1CCOC(CNC(=O)C(C)(C)C(C)(C)N)C1. The number of amides is 1. The van der Waals surface area contributed by atoms with Gasteiger partial charge in [0.2, 0.25) is 5.91 Å². The van der Waals surface area contributed by atoms with Gasteiger partial charge in [0.25, 0.3) is 0 Å². The predicted octanol–water partition coefficient (Wildman–Crippen LogP) is 0.197. The van der Waals surface area contributed by atoms with E-state index in [-0.39, 0.29) is 12.0 Å². The predicted molar refractivity (Wildman–Crippen MR) is 72.3 cm³/mol. The van der Waals surface area contributed by atoms with Gasteiger partial charge < -0.3 is 20.7 Å². The van der Waals surface area contributed by atoms with Crippen LogP contribution in [0.5, 0.6) is 0 Å². The van der Waals surface area contributed by atoms with E-state index in [2.05, 4.69) is 17.3 Å². The molecule has 1 saturated heterocycles. The third kappa shape index (κ3) is 3.67. The Morgan fingerprint density at radius 1 is 1.44 bits per heavy atom. The molecule has 1 heterocycles. The molecule has 1 aliphatic rings. The molecule has 0 spiro atoms. The Morgan fingerprint density at radius 2 is 2.06 bits per heavy atom. The molecule has 0 radical (unpaired) electrons. The van der Waals surface area contributed by atoms with Crippen molar-refractivity contribution in [3.8, 4) is 0 Å². The number of carbonyl (C=O) groups is 1. The summed E-state index contributed by atoms with van der Waals surface area (Å²) in [5.74, 6) is -0.0215. The zero-order valence-electron chi connectivity index (χ0n) is 12.2. The van der Waals surface area contributed by atoms with Crippen molar-refractivity contribution in [2.45, 2.75) is 39.3 Å². The van der Waals surface area contributed by atoms with Crippen LogP contribution < -0.4 is 11.1 Å². The van der Waals surface area contributed by atoms with E-state index >= 15 is 0 Å². The van der Waals surface area contributed by atoms with Crippen LogP contribution >= 0.6 is 0 Å². The van der Waals surface area contributed by atoms with Crippen molar-refractivity contribution in [1.29, 1.82) is 0 Å². The third-order valence-corrected chi connectivity index (χ3v) is 4.01. The van der Waals surface area contributed by atoms with Gasteiger partial charge in [-0.25, -0.2) is 0 Å². The molecular formula is C13H27N3O2. The van der Waals surface area contributed by atoms with Crippen LogP contribution in [0.15, 0.2) is 0 Å². The molecule has 1 amide bonds. The highest BCUT2D eigenvalue weighted by Crippen LogP contribution is 2.28. The minimum absolute atomic E-state index is 0.0215. The molecule has 3 N–H and O–H groups in total. The number of likely N-dealkylation sites (N-methyl/N-ethyl adjacent to an activating group) is 1. The van der Waals surface area contributed by atoms with Crippen LogP contribution in [0.25, 0.3) is 0 Å². The molecule has 5 nitrogen and oxygen atoms in total. The molecule has 106 valence electrons. The van der Waals surface area contributed by atoms with Crippen molar-refractivity contribution in [3.63, 3.8) is 0 Å². The summed E-state index contributed by atoms with van der Waals surface area (Å²) < 4.78 is 5.61. The quantitative estimate of drug-likeness (QED) is 0.755. The summed E-state index contributed by atoms with van der Waals surface area (Å²) in [4.78, 5) is 14.4. The van der Waals surface area contributed by atoms with E-state index in [1.54, 1.807) is 0 Å². The van der Waals surface area contributed by atoms with Crippen molar-refractivity contribution in [3.05, 3.63) is 0 Å². The topological polar surface area (TPSA) is 67.6 Å². The first-order chi connectivity index (χ1) is 8.14. The summed E-state index contributed by atoms with van der Waals surface area (Å²) in [6.45, 7) is 10.6. The molecule has 0 aliphatic carbocycles. The molecule has 1 unspecified atom stereocenters. The van der Waals surface area contributed by atoms with Crippen LogP contribution in [0.1, 0.15) is 27.7 Å². The Morgan fingerprint density at radius 3 is 2.56 bits per heavy atom. The Hall–Kier alpha value is -0.650. The second-order valence-electron chi connectivity index (χ2n) is 6.31. The molecule has 0 aromatic carbocycles. The average molecular weight is 257 g/mol. The van der Waals surface area contributed by atoms with E-state index in [1.807, 2.05) is 27.7 Å². The van der Waals surface area contributed by atoms with Crippen molar-refractivity contribution in [2.75, 3.05) is 33.3 Å². The zero-order valence-corrected chi connectivity index (χ0v) is 12.2. The van der Waals surface area contributed by atoms with Gasteiger partial charge in [0.15, 0.2) is 0 Å². The maximum absolute atomic E-state index is 12.2. The number of morpholine rings is 1. The largest absolute Gasteiger partial charge is 0.374 e. The van der Waals surface area contributed by atoms with Gasteiger partial charge >= 0.3 is 0 Å². The summed E-state index contributed by atoms with van der Waals surface area (Å²) in [5, 5.41) is 2.95. The van der Waals surface area contributed by atoms with E-state index in [0.29, 0.717) is 6.54 Å². The molecule has 1 aliphatic heterocycles. The number of rotatable bonds is 4. The molecule has 5 heteroatoms. The molecule has 1 atom stereocenters. The van der Waals surface area contributed by atoms with Gasteiger partial charge in [-0.2, -0.15) is 0 Å². The van der Waals surface area contributed by atoms with E-state index in [1.165, 1.54) is 0 Å². The number of hydrogen-bond acceptors (Lipinski definition) is 4. The lowest BCUT2D eigenvalue weighted by atomic mass is 9.74. The van der Waals surface area contributed by atoms with E-state index < -0.39 is 11.0 Å². The van der Waals surface area contributed by atoms with E-state index in [0.717, 1.165) is 19.7 Å². The maximum atomic E-state index is 12.2. The molecule has 0 saturated carbocycles. The van der Waals surface area contributed by atoms with Gasteiger partial charge in [0.05, 0.1) is 18.1 Å². The number of carbonyl (C=O) groups excluding carboxylic acids is 1. The number of ether oxygens (including phenoxy) is 1.